The van der Waals surface area contributed by atoms with Crippen LogP contribution in [0.25, 0.3) is 0 Å². The van der Waals surface area contributed by atoms with Gasteiger partial charge in [-0.05, 0) is 6.42 Å². The van der Waals surface area contributed by atoms with Crippen molar-refractivity contribution >= 4 is 11.6 Å². The van der Waals surface area contributed by atoms with Crippen LogP contribution in [0.2, 0.25) is 0 Å². The van der Waals surface area contributed by atoms with Crippen LogP contribution in [-0.4, -0.2) is 16.1 Å². The lowest BCUT2D eigenvalue weighted by molar-refractivity contribution is 0.0978. The van der Waals surface area contributed by atoms with Crippen molar-refractivity contribution in [3.63, 3.8) is 0 Å². The van der Waals surface area contributed by atoms with Gasteiger partial charge in [0.15, 0.2) is 11.6 Å². The highest BCUT2D eigenvalue weighted by atomic mass is 16.1. The van der Waals surface area contributed by atoms with E-state index in [1.54, 1.807) is 24.3 Å². The van der Waals surface area contributed by atoms with Gasteiger partial charge >= 0.3 is 0 Å². The van der Waals surface area contributed by atoms with Gasteiger partial charge in [-0.3, -0.25) is 14.4 Å². The first kappa shape index (κ1) is 13.5. The van der Waals surface area contributed by atoms with Gasteiger partial charge < -0.3 is 4.57 Å². The number of pyridine rings is 1. The first-order valence-corrected chi connectivity index (χ1v) is 7.06. The standard InChI is InChI=1S/C17H15NO3/c1-2-3-8-18-10-14-13(9-15(18)19)16(20)11-6-4-5-7-12(11)17(14)21/h4-7,9-10H,2-3,8H2,1H3. The van der Waals surface area contributed by atoms with E-state index in [4.69, 9.17) is 0 Å². The third-order valence-electron chi connectivity index (χ3n) is 3.78. The van der Waals surface area contributed by atoms with Crippen LogP contribution >= 0.6 is 0 Å². The molecular formula is C17H15NO3. The minimum Gasteiger partial charge on any atom is -0.315 e. The highest BCUT2D eigenvalue weighted by Crippen LogP contribution is 2.25. The Kier molecular flexibility index (Phi) is 3.29. The van der Waals surface area contributed by atoms with E-state index in [9.17, 15) is 14.4 Å². The monoisotopic (exact) mass is 281 g/mol. The molecular weight excluding hydrogens is 266 g/mol. The maximum absolute atomic E-state index is 12.5. The molecule has 0 saturated carbocycles. The second-order valence-corrected chi connectivity index (χ2v) is 5.19. The number of hydrogen-bond acceptors (Lipinski definition) is 3. The molecule has 106 valence electrons. The van der Waals surface area contributed by atoms with Crippen molar-refractivity contribution < 1.29 is 9.59 Å². The molecule has 4 nitrogen and oxygen atoms in total. The molecule has 0 N–H and O–H groups in total. The van der Waals surface area contributed by atoms with E-state index in [0.717, 1.165) is 12.8 Å². The Morgan fingerprint density at radius 1 is 0.905 bits per heavy atom. The lowest BCUT2D eigenvalue weighted by Crippen LogP contribution is -2.28. The molecule has 21 heavy (non-hydrogen) atoms. The number of fused-ring (bicyclic) bond motifs is 2. The van der Waals surface area contributed by atoms with Crippen LogP contribution in [0, 0.1) is 0 Å². The lowest BCUT2D eigenvalue weighted by Gasteiger charge is -2.18. The Balaban J connectivity index is 2.17. The Morgan fingerprint density at radius 2 is 1.52 bits per heavy atom. The number of benzene rings is 1. The Bertz CT molecular complexity index is 802. The zero-order chi connectivity index (χ0) is 15.0. The number of carbonyl (C=O) groups excluding carboxylic acids is 2. The molecule has 1 aromatic heterocycles. The SMILES string of the molecule is CCCCn1cc2c(cc1=O)C(=O)c1ccccc1C2=O. The van der Waals surface area contributed by atoms with Crippen molar-refractivity contribution in [2.75, 3.05) is 0 Å². The molecule has 2 aromatic rings. The summed E-state index contributed by atoms with van der Waals surface area (Å²) in [7, 11) is 0. The molecule has 3 rings (SSSR count). The number of aryl methyl sites for hydroxylation is 1. The zero-order valence-corrected chi connectivity index (χ0v) is 11.8. The molecule has 1 heterocycles. The number of ketones is 2. The average Bonchev–Trinajstić information content (AvgIpc) is 2.51. The molecule has 0 unspecified atom stereocenters. The van der Waals surface area contributed by atoms with Crippen LogP contribution < -0.4 is 5.56 Å². The molecule has 0 saturated heterocycles. The summed E-state index contributed by atoms with van der Waals surface area (Å²) in [4.78, 5) is 37.0. The van der Waals surface area contributed by atoms with Gasteiger partial charge in [-0.15, -0.1) is 0 Å². The summed E-state index contributed by atoms with van der Waals surface area (Å²) >= 11 is 0. The first-order chi connectivity index (χ1) is 10.1. The number of rotatable bonds is 3. The van der Waals surface area contributed by atoms with Gasteiger partial charge in [0, 0.05) is 35.5 Å². The molecule has 0 atom stereocenters. The Hall–Kier alpha value is -2.49. The topological polar surface area (TPSA) is 56.1 Å². The smallest absolute Gasteiger partial charge is 0.251 e. The van der Waals surface area contributed by atoms with Gasteiger partial charge in [-0.25, -0.2) is 0 Å². The van der Waals surface area contributed by atoms with Crippen molar-refractivity contribution in [2.24, 2.45) is 0 Å². The van der Waals surface area contributed by atoms with Crippen molar-refractivity contribution in [3.05, 3.63) is 69.1 Å². The fraction of sp³-hybridized carbons (Fsp3) is 0.235. The number of carbonyl (C=O) groups is 2. The second-order valence-electron chi connectivity index (χ2n) is 5.19. The predicted molar refractivity (Wildman–Crippen MR) is 78.9 cm³/mol. The number of unbranched alkanes of at least 4 members (excludes halogenated alkanes) is 1. The maximum Gasteiger partial charge on any atom is 0.251 e. The minimum atomic E-state index is -0.250. The van der Waals surface area contributed by atoms with E-state index >= 15 is 0 Å². The molecule has 1 aromatic carbocycles. The molecule has 0 radical (unpaired) electrons. The van der Waals surface area contributed by atoms with Crippen LogP contribution in [0.15, 0.2) is 41.3 Å². The van der Waals surface area contributed by atoms with Crippen LogP contribution in [0.5, 0.6) is 0 Å². The lowest BCUT2D eigenvalue weighted by atomic mass is 9.85. The molecule has 1 aliphatic carbocycles. The maximum atomic E-state index is 12.5. The molecule has 0 aliphatic heterocycles. The highest BCUT2D eigenvalue weighted by Gasteiger charge is 2.30. The molecule has 1 aliphatic rings. The largest absolute Gasteiger partial charge is 0.315 e. The van der Waals surface area contributed by atoms with Crippen LogP contribution in [0.1, 0.15) is 51.6 Å². The minimum absolute atomic E-state index is 0.189. The summed E-state index contributed by atoms with van der Waals surface area (Å²) in [6, 6.07) is 8.03. The van der Waals surface area contributed by atoms with Crippen molar-refractivity contribution in [1.82, 2.24) is 4.57 Å². The summed E-state index contributed by atoms with van der Waals surface area (Å²) < 4.78 is 1.52. The quantitative estimate of drug-likeness (QED) is 0.741. The van der Waals surface area contributed by atoms with Gasteiger partial charge in [-0.1, -0.05) is 37.6 Å². The summed E-state index contributed by atoms with van der Waals surface area (Å²) in [5.41, 5.74) is 1.10. The van der Waals surface area contributed by atoms with E-state index in [1.807, 2.05) is 6.92 Å². The van der Waals surface area contributed by atoms with Crippen LogP contribution in [0.4, 0.5) is 0 Å². The molecule has 0 amide bonds. The van der Waals surface area contributed by atoms with Gasteiger partial charge in [0.1, 0.15) is 0 Å². The van der Waals surface area contributed by atoms with Gasteiger partial charge in [-0.2, -0.15) is 0 Å². The van der Waals surface area contributed by atoms with Crippen LogP contribution in [0.3, 0.4) is 0 Å². The fourth-order valence-corrected chi connectivity index (χ4v) is 2.61. The van der Waals surface area contributed by atoms with Crippen LogP contribution in [-0.2, 0) is 6.54 Å². The third kappa shape index (κ3) is 2.13. The van der Waals surface area contributed by atoms with E-state index in [1.165, 1.54) is 16.8 Å². The normalized spacial score (nSPS) is 13.0. The molecule has 0 bridgehead atoms. The van der Waals surface area contributed by atoms with Gasteiger partial charge in [0.25, 0.3) is 5.56 Å². The van der Waals surface area contributed by atoms with Gasteiger partial charge in [0.2, 0.25) is 0 Å². The molecule has 0 spiro atoms. The predicted octanol–water partition coefficient (Wildman–Crippen LogP) is 2.42. The summed E-state index contributed by atoms with van der Waals surface area (Å²) in [6.45, 7) is 2.60. The van der Waals surface area contributed by atoms with Crippen molar-refractivity contribution in [2.45, 2.75) is 26.3 Å². The number of aromatic nitrogens is 1. The second kappa shape index (κ2) is 5.13. The number of hydrogen-bond donors (Lipinski definition) is 0. The van der Waals surface area contributed by atoms with E-state index in [-0.39, 0.29) is 22.7 Å². The molecule has 0 fully saturated rings. The summed E-state index contributed by atoms with van der Waals surface area (Å²) in [5.74, 6) is -0.439. The summed E-state index contributed by atoms with van der Waals surface area (Å²) in [5, 5.41) is 0. The fourth-order valence-electron chi connectivity index (χ4n) is 2.61. The Labute approximate surface area is 122 Å². The van der Waals surface area contributed by atoms with Gasteiger partial charge in [0.05, 0.1) is 5.56 Å². The van der Waals surface area contributed by atoms with E-state index in [2.05, 4.69) is 0 Å². The average molecular weight is 281 g/mol. The highest BCUT2D eigenvalue weighted by molar-refractivity contribution is 6.28. The Morgan fingerprint density at radius 3 is 2.14 bits per heavy atom. The zero-order valence-electron chi connectivity index (χ0n) is 11.8. The first-order valence-electron chi connectivity index (χ1n) is 7.06. The third-order valence-corrected chi connectivity index (χ3v) is 3.78. The number of nitrogens with zero attached hydrogens (tertiary/aromatic N) is 1. The van der Waals surface area contributed by atoms with Crippen molar-refractivity contribution in [3.8, 4) is 0 Å². The van der Waals surface area contributed by atoms with E-state index in [0.29, 0.717) is 23.2 Å². The molecule has 4 heteroatoms. The summed E-state index contributed by atoms with van der Waals surface area (Å²) in [6.07, 6.45) is 3.35. The van der Waals surface area contributed by atoms with E-state index < -0.39 is 0 Å². The van der Waals surface area contributed by atoms with Crippen molar-refractivity contribution in [1.29, 1.82) is 0 Å².